The molecule has 3 aromatic rings. The Labute approximate surface area is 132 Å². The van der Waals surface area contributed by atoms with Crippen molar-refractivity contribution in [3.05, 3.63) is 52.3 Å². The number of benzene rings is 1. The Bertz CT molecular complexity index is 774. The van der Waals surface area contributed by atoms with Crippen LogP contribution in [0.25, 0.3) is 11.4 Å². The average molecular weight is 344 g/mol. The third kappa shape index (κ3) is 2.99. The van der Waals surface area contributed by atoms with Crippen molar-refractivity contribution in [3.63, 3.8) is 0 Å². The number of alkyl halides is 3. The van der Waals surface area contributed by atoms with E-state index < -0.39 is 17.4 Å². The van der Waals surface area contributed by atoms with E-state index in [1.165, 1.54) is 11.3 Å². The molecule has 0 aliphatic rings. The molecule has 0 saturated carbocycles. The molecule has 0 radical (unpaired) electrons. The van der Waals surface area contributed by atoms with Gasteiger partial charge in [0.05, 0.1) is 11.2 Å². The Morgan fingerprint density at radius 3 is 2.82 bits per heavy atom. The fraction of sp³-hybridized carbons (Fsp3) is 0.154. The first kappa shape index (κ1) is 15.0. The standard InChI is InChI=1S/C13H8ClF2N3O2S/c14-13(15,16)12-18-11(19-21-12)8-3-1-2-7(4-8)10(20)9-5-22-6-17-9/h1-6,10,20H. The van der Waals surface area contributed by atoms with E-state index in [1.54, 1.807) is 35.2 Å². The Morgan fingerprint density at radius 1 is 1.36 bits per heavy atom. The molecule has 114 valence electrons. The van der Waals surface area contributed by atoms with Gasteiger partial charge < -0.3 is 9.63 Å². The predicted molar refractivity (Wildman–Crippen MR) is 75.7 cm³/mol. The van der Waals surface area contributed by atoms with E-state index in [4.69, 9.17) is 11.6 Å². The normalized spacial score (nSPS) is 13.3. The van der Waals surface area contributed by atoms with Gasteiger partial charge in [0.1, 0.15) is 6.10 Å². The molecule has 0 aliphatic carbocycles. The molecule has 5 nitrogen and oxygen atoms in total. The van der Waals surface area contributed by atoms with Gasteiger partial charge in [-0.15, -0.1) is 11.3 Å². The molecule has 3 rings (SSSR count). The third-order valence-electron chi connectivity index (χ3n) is 2.86. The summed E-state index contributed by atoms with van der Waals surface area (Å²) in [6.07, 6.45) is -0.924. The highest BCUT2D eigenvalue weighted by molar-refractivity contribution is 7.07. The first-order valence-corrected chi connectivity index (χ1v) is 7.34. The maximum atomic E-state index is 12.9. The van der Waals surface area contributed by atoms with Crippen molar-refractivity contribution in [2.75, 3.05) is 0 Å². The van der Waals surface area contributed by atoms with Crippen LogP contribution in [0.15, 0.2) is 39.7 Å². The Kier molecular flexibility index (Phi) is 3.90. The summed E-state index contributed by atoms with van der Waals surface area (Å²) in [4.78, 5) is 7.59. The molecule has 1 atom stereocenters. The maximum Gasteiger partial charge on any atom is 0.400 e. The summed E-state index contributed by atoms with van der Waals surface area (Å²) in [6, 6.07) is 6.52. The summed E-state index contributed by atoms with van der Waals surface area (Å²) in [7, 11) is 0. The molecule has 2 aromatic heterocycles. The van der Waals surface area contributed by atoms with E-state index in [0.29, 0.717) is 16.8 Å². The van der Waals surface area contributed by atoms with Crippen molar-refractivity contribution in [1.29, 1.82) is 0 Å². The minimum absolute atomic E-state index is 0.0392. The summed E-state index contributed by atoms with van der Waals surface area (Å²) in [6.45, 7) is 0. The van der Waals surface area contributed by atoms with Crippen LogP contribution >= 0.6 is 22.9 Å². The number of thiazole rings is 1. The monoisotopic (exact) mass is 343 g/mol. The van der Waals surface area contributed by atoms with Crippen LogP contribution in [0.4, 0.5) is 8.78 Å². The highest BCUT2D eigenvalue weighted by atomic mass is 35.5. The van der Waals surface area contributed by atoms with Gasteiger partial charge in [-0.1, -0.05) is 23.4 Å². The lowest BCUT2D eigenvalue weighted by Gasteiger charge is -2.08. The molecule has 0 aliphatic heterocycles. The first-order chi connectivity index (χ1) is 10.4. The smallest absolute Gasteiger partial charge is 0.382 e. The number of aliphatic hydroxyl groups is 1. The van der Waals surface area contributed by atoms with Crippen LogP contribution in [-0.2, 0) is 5.38 Å². The van der Waals surface area contributed by atoms with Gasteiger partial charge in [0.15, 0.2) is 0 Å². The van der Waals surface area contributed by atoms with Crippen LogP contribution in [0.5, 0.6) is 0 Å². The van der Waals surface area contributed by atoms with Gasteiger partial charge in [0.25, 0.3) is 0 Å². The van der Waals surface area contributed by atoms with Gasteiger partial charge in [-0.05, 0) is 23.2 Å². The summed E-state index contributed by atoms with van der Waals surface area (Å²) in [5, 5.41) is 11.7. The second-order valence-electron chi connectivity index (χ2n) is 4.36. The number of rotatable bonds is 4. The minimum atomic E-state index is -3.72. The van der Waals surface area contributed by atoms with Crippen molar-refractivity contribution in [3.8, 4) is 11.4 Å². The molecule has 0 fully saturated rings. The van der Waals surface area contributed by atoms with Crippen LogP contribution in [0, 0.1) is 0 Å². The molecule has 9 heteroatoms. The van der Waals surface area contributed by atoms with Crippen molar-refractivity contribution in [1.82, 2.24) is 15.1 Å². The molecule has 0 spiro atoms. The number of hydrogen-bond acceptors (Lipinski definition) is 6. The number of nitrogens with zero attached hydrogens (tertiary/aromatic N) is 3. The van der Waals surface area contributed by atoms with Crippen LogP contribution < -0.4 is 0 Å². The summed E-state index contributed by atoms with van der Waals surface area (Å²) >= 11 is 6.19. The Balaban J connectivity index is 1.93. The topological polar surface area (TPSA) is 72.0 Å². The van der Waals surface area contributed by atoms with Crippen molar-refractivity contribution < 1.29 is 18.4 Å². The molecule has 1 unspecified atom stereocenters. The maximum absolute atomic E-state index is 12.9. The second kappa shape index (κ2) is 5.71. The van der Waals surface area contributed by atoms with Crippen molar-refractivity contribution in [2.45, 2.75) is 11.5 Å². The summed E-state index contributed by atoms with van der Waals surface area (Å²) in [5.41, 5.74) is 3.06. The molecule has 1 N–H and O–H groups in total. The zero-order valence-electron chi connectivity index (χ0n) is 10.8. The number of aromatic nitrogens is 3. The second-order valence-corrected chi connectivity index (χ2v) is 5.56. The quantitative estimate of drug-likeness (QED) is 0.733. The molecular weight excluding hydrogens is 336 g/mol. The zero-order chi connectivity index (χ0) is 15.7. The highest BCUT2D eigenvalue weighted by Gasteiger charge is 2.35. The molecule has 0 saturated heterocycles. The summed E-state index contributed by atoms with van der Waals surface area (Å²) in [5.74, 6) is -1.02. The van der Waals surface area contributed by atoms with Gasteiger partial charge in [0.2, 0.25) is 5.82 Å². The van der Waals surface area contributed by atoms with E-state index in [1.807, 2.05) is 0 Å². The van der Waals surface area contributed by atoms with E-state index in [-0.39, 0.29) is 5.82 Å². The van der Waals surface area contributed by atoms with Gasteiger partial charge in [-0.3, -0.25) is 0 Å². The van der Waals surface area contributed by atoms with Crippen LogP contribution in [0.2, 0.25) is 0 Å². The highest BCUT2D eigenvalue weighted by Crippen LogP contribution is 2.32. The van der Waals surface area contributed by atoms with Crippen LogP contribution in [-0.4, -0.2) is 20.2 Å². The lowest BCUT2D eigenvalue weighted by atomic mass is 10.0. The number of hydrogen-bond donors (Lipinski definition) is 1. The largest absolute Gasteiger partial charge is 0.400 e. The van der Waals surface area contributed by atoms with E-state index in [9.17, 15) is 13.9 Å². The molecule has 1 aromatic carbocycles. The van der Waals surface area contributed by atoms with Crippen LogP contribution in [0.3, 0.4) is 0 Å². The van der Waals surface area contributed by atoms with Gasteiger partial charge in [0, 0.05) is 10.9 Å². The minimum Gasteiger partial charge on any atom is -0.382 e. The average Bonchev–Trinajstić information content (AvgIpc) is 3.17. The lowest BCUT2D eigenvalue weighted by molar-refractivity contribution is 0.0551. The number of halogens is 3. The lowest BCUT2D eigenvalue weighted by Crippen LogP contribution is -2.03. The third-order valence-corrected chi connectivity index (χ3v) is 3.63. The van der Waals surface area contributed by atoms with Crippen molar-refractivity contribution in [2.24, 2.45) is 0 Å². The molecule has 0 bridgehead atoms. The fourth-order valence-electron chi connectivity index (χ4n) is 1.83. The molecule has 2 heterocycles. The summed E-state index contributed by atoms with van der Waals surface area (Å²) < 4.78 is 30.2. The first-order valence-electron chi connectivity index (χ1n) is 6.02. The molecular formula is C13H8ClF2N3O2S. The Hall–Kier alpha value is -1.90. The predicted octanol–water partition coefficient (Wildman–Crippen LogP) is 3.56. The van der Waals surface area contributed by atoms with Crippen LogP contribution in [0.1, 0.15) is 23.3 Å². The van der Waals surface area contributed by atoms with Gasteiger partial charge in [-0.2, -0.15) is 13.8 Å². The van der Waals surface area contributed by atoms with Crippen molar-refractivity contribution >= 4 is 22.9 Å². The molecule has 22 heavy (non-hydrogen) atoms. The zero-order valence-corrected chi connectivity index (χ0v) is 12.4. The number of aliphatic hydroxyl groups excluding tert-OH is 1. The van der Waals surface area contributed by atoms with E-state index >= 15 is 0 Å². The van der Waals surface area contributed by atoms with Gasteiger partial charge >= 0.3 is 11.3 Å². The van der Waals surface area contributed by atoms with Gasteiger partial charge in [-0.25, -0.2) is 4.98 Å². The SMILES string of the molecule is OC(c1cccc(-c2noc(C(F)(F)Cl)n2)c1)c1cscn1. The van der Waals surface area contributed by atoms with E-state index in [0.717, 1.165) is 0 Å². The fourth-order valence-corrected chi connectivity index (χ4v) is 2.48. The van der Waals surface area contributed by atoms with E-state index in [2.05, 4.69) is 19.6 Å². The molecule has 0 amide bonds. The Morgan fingerprint density at radius 2 is 2.18 bits per heavy atom.